The molecule has 0 spiro atoms. The van der Waals surface area contributed by atoms with Crippen LogP contribution in [0.2, 0.25) is 0 Å². The van der Waals surface area contributed by atoms with Gasteiger partial charge in [0, 0.05) is 37.6 Å². The highest BCUT2D eigenvalue weighted by Gasteiger charge is 2.37. The Bertz CT molecular complexity index is 578. The van der Waals surface area contributed by atoms with E-state index in [9.17, 15) is 9.59 Å². The lowest BCUT2D eigenvalue weighted by Crippen LogP contribution is -2.61. The van der Waals surface area contributed by atoms with Gasteiger partial charge < -0.3 is 9.80 Å². The second-order valence-corrected chi connectivity index (χ2v) is 7.48. The van der Waals surface area contributed by atoms with Crippen molar-refractivity contribution in [1.82, 2.24) is 24.8 Å². The van der Waals surface area contributed by atoms with E-state index < -0.39 is 5.41 Å². The monoisotopic (exact) mass is 321 g/mol. The van der Waals surface area contributed by atoms with Gasteiger partial charge in [-0.25, -0.2) is 0 Å². The molecule has 1 aromatic rings. The summed E-state index contributed by atoms with van der Waals surface area (Å²) in [6, 6.07) is -0.00234. The molecule has 0 bridgehead atoms. The van der Waals surface area contributed by atoms with Crippen molar-refractivity contribution in [3.8, 4) is 0 Å². The van der Waals surface area contributed by atoms with E-state index in [1.54, 1.807) is 17.9 Å². The largest absolute Gasteiger partial charge is 0.338 e. The number of carbonyl (C=O) groups is 2. The number of amides is 2. The molecule has 0 aliphatic carbocycles. The van der Waals surface area contributed by atoms with Gasteiger partial charge in [-0.05, 0) is 13.8 Å². The van der Waals surface area contributed by atoms with Crippen molar-refractivity contribution in [3.05, 3.63) is 11.9 Å². The predicted octanol–water partition coefficient (Wildman–Crippen LogP) is 0.851. The Hall–Kier alpha value is -1.92. The van der Waals surface area contributed by atoms with E-state index in [-0.39, 0.29) is 30.3 Å². The molecule has 2 amide bonds. The maximum atomic E-state index is 12.7. The first-order valence-electron chi connectivity index (χ1n) is 8.05. The van der Waals surface area contributed by atoms with Crippen LogP contribution in [-0.2, 0) is 23.1 Å². The van der Waals surface area contributed by atoms with Crippen LogP contribution in [0.15, 0.2) is 6.20 Å². The van der Waals surface area contributed by atoms with Crippen LogP contribution in [0.25, 0.3) is 0 Å². The van der Waals surface area contributed by atoms with Gasteiger partial charge in [-0.3, -0.25) is 14.3 Å². The second kappa shape index (κ2) is 6.29. The van der Waals surface area contributed by atoms with E-state index in [1.165, 1.54) is 0 Å². The summed E-state index contributed by atoms with van der Waals surface area (Å²) in [5.41, 5.74) is 0.397. The van der Waals surface area contributed by atoms with Gasteiger partial charge in [0.2, 0.25) is 11.8 Å². The Balaban J connectivity index is 2.07. The molecule has 0 saturated carbocycles. The highest BCUT2D eigenvalue weighted by molar-refractivity contribution is 5.83. The second-order valence-electron chi connectivity index (χ2n) is 7.48. The first-order chi connectivity index (χ1) is 10.6. The number of carbonyl (C=O) groups excluding carboxylic acids is 2. The predicted molar refractivity (Wildman–Crippen MR) is 86.5 cm³/mol. The zero-order chi connectivity index (χ0) is 17.4. The molecular formula is C16H27N5O2. The van der Waals surface area contributed by atoms with Gasteiger partial charge in [-0.2, -0.15) is 0 Å². The summed E-state index contributed by atoms with van der Waals surface area (Å²) in [4.78, 5) is 28.9. The molecule has 7 nitrogen and oxygen atoms in total. The van der Waals surface area contributed by atoms with Crippen LogP contribution in [0.5, 0.6) is 0 Å². The van der Waals surface area contributed by atoms with Crippen LogP contribution >= 0.6 is 0 Å². The molecule has 1 aromatic heterocycles. The fourth-order valence-electron chi connectivity index (χ4n) is 3.17. The molecule has 1 saturated heterocycles. The molecule has 7 heteroatoms. The Morgan fingerprint density at radius 2 is 1.78 bits per heavy atom. The van der Waals surface area contributed by atoms with Crippen molar-refractivity contribution in [3.63, 3.8) is 0 Å². The summed E-state index contributed by atoms with van der Waals surface area (Å²) >= 11 is 0. The molecule has 2 atom stereocenters. The van der Waals surface area contributed by atoms with E-state index in [2.05, 4.69) is 10.3 Å². The number of piperazine rings is 1. The topological polar surface area (TPSA) is 71.3 Å². The molecule has 2 rings (SSSR count). The minimum absolute atomic E-state index is 0.00117. The van der Waals surface area contributed by atoms with Crippen molar-refractivity contribution < 1.29 is 9.59 Å². The van der Waals surface area contributed by atoms with Crippen LogP contribution in [0, 0.1) is 5.41 Å². The molecular weight excluding hydrogens is 294 g/mol. The lowest BCUT2D eigenvalue weighted by atomic mass is 9.93. The Morgan fingerprint density at radius 1 is 1.22 bits per heavy atom. The zero-order valence-corrected chi connectivity index (χ0v) is 14.9. The van der Waals surface area contributed by atoms with Crippen molar-refractivity contribution >= 4 is 11.8 Å². The highest BCUT2D eigenvalue weighted by Crippen LogP contribution is 2.23. The SMILES string of the molecule is C[C@@H]1CN(C(=O)C(C)(C)C)C[C@@H](C)N1C(=O)Cc1cnnn1C. The number of aromatic nitrogens is 3. The summed E-state index contributed by atoms with van der Waals surface area (Å²) in [6.07, 6.45) is 1.90. The van der Waals surface area contributed by atoms with Gasteiger partial charge in [0.15, 0.2) is 0 Å². The summed E-state index contributed by atoms with van der Waals surface area (Å²) in [5.74, 6) is 0.192. The van der Waals surface area contributed by atoms with Gasteiger partial charge in [0.05, 0.1) is 18.3 Å². The third-order valence-electron chi connectivity index (χ3n) is 4.28. The van der Waals surface area contributed by atoms with Crippen molar-refractivity contribution in [2.75, 3.05) is 13.1 Å². The molecule has 0 radical (unpaired) electrons. The third-order valence-corrected chi connectivity index (χ3v) is 4.28. The maximum absolute atomic E-state index is 12.7. The fourth-order valence-corrected chi connectivity index (χ4v) is 3.17. The molecule has 0 N–H and O–H groups in total. The molecule has 23 heavy (non-hydrogen) atoms. The zero-order valence-electron chi connectivity index (χ0n) is 14.9. The van der Waals surface area contributed by atoms with E-state index in [4.69, 9.17) is 0 Å². The molecule has 1 aliphatic rings. The van der Waals surface area contributed by atoms with Crippen LogP contribution < -0.4 is 0 Å². The van der Waals surface area contributed by atoms with E-state index in [1.807, 2.05) is 44.4 Å². The number of hydrogen-bond acceptors (Lipinski definition) is 4. The molecule has 0 unspecified atom stereocenters. The Kier molecular flexibility index (Phi) is 4.77. The van der Waals surface area contributed by atoms with Gasteiger partial charge in [0.25, 0.3) is 0 Å². The molecule has 0 aromatic carbocycles. The Morgan fingerprint density at radius 3 is 2.22 bits per heavy atom. The molecule has 1 aliphatic heterocycles. The van der Waals surface area contributed by atoms with Crippen LogP contribution in [0.1, 0.15) is 40.3 Å². The Labute approximate surface area is 137 Å². The first kappa shape index (κ1) is 17.4. The summed E-state index contributed by atoms with van der Waals surface area (Å²) < 4.78 is 1.62. The van der Waals surface area contributed by atoms with Crippen molar-refractivity contribution in [2.45, 2.75) is 53.1 Å². The quantitative estimate of drug-likeness (QED) is 0.810. The summed E-state index contributed by atoms with van der Waals surface area (Å²) in [5, 5.41) is 7.67. The molecule has 2 heterocycles. The first-order valence-corrected chi connectivity index (χ1v) is 8.05. The van der Waals surface area contributed by atoms with E-state index >= 15 is 0 Å². The average Bonchev–Trinajstić information content (AvgIpc) is 2.81. The smallest absolute Gasteiger partial charge is 0.229 e. The fraction of sp³-hybridized carbons (Fsp3) is 0.750. The lowest BCUT2D eigenvalue weighted by molar-refractivity contribution is -0.150. The number of aryl methyl sites for hydroxylation is 1. The third kappa shape index (κ3) is 3.71. The van der Waals surface area contributed by atoms with Crippen LogP contribution in [0.4, 0.5) is 0 Å². The molecule has 1 fully saturated rings. The molecule has 128 valence electrons. The number of hydrogen-bond donors (Lipinski definition) is 0. The average molecular weight is 321 g/mol. The minimum atomic E-state index is -0.397. The standard InChI is InChI=1S/C16H27N5O2/c1-11-9-20(15(23)16(3,4)5)10-12(2)21(11)14(22)7-13-8-17-18-19(13)6/h8,11-12H,7,9-10H2,1-6H3/t11-,12-/m1/s1. The van der Waals surface area contributed by atoms with Crippen molar-refractivity contribution in [2.24, 2.45) is 12.5 Å². The van der Waals surface area contributed by atoms with Gasteiger partial charge in [-0.1, -0.05) is 26.0 Å². The van der Waals surface area contributed by atoms with Gasteiger partial charge in [0.1, 0.15) is 0 Å². The highest BCUT2D eigenvalue weighted by atomic mass is 16.2. The normalized spacial score (nSPS) is 22.3. The number of nitrogens with zero attached hydrogens (tertiary/aromatic N) is 5. The van der Waals surface area contributed by atoms with E-state index in [0.29, 0.717) is 13.1 Å². The summed E-state index contributed by atoms with van der Waals surface area (Å²) in [6.45, 7) is 10.9. The van der Waals surface area contributed by atoms with Crippen LogP contribution in [-0.4, -0.2) is 61.8 Å². The van der Waals surface area contributed by atoms with Crippen molar-refractivity contribution in [1.29, 1.82) is 0 Å². The van der Waals surface area contributed by atoms with Crippen LogP contribution in [0.3, 0.4) is 0 Å². The summed E-state index contributed by atoms with van der Waals surface area (Å²) in [7, 11) is 1.78. The van der Waals surface area contributed by atoms with E-state index in [0.717, 1.165) is 5.69 Å². The minimum Gasteiger partial charge on any atom is -0.338 e. The number of rotatable bonds is 2. The lowest BCUT2D eigenvalue weighted by Gasteiger charge is -2.46. The van der Waals surface area contributed by atoms with Gasteiger partial charge in [-0.15, -0.1) is 5.10 Å². The maximum Gasteiger partial charge on any atom is 0.229 e. The van der Waals surface area contributed by atoms with Gasteiger partial charge >= 0.3 is 0 Å².